The first-order chi connectivity index (χ1) is 6.25. The molecule has 8 heteroatoms. The zero-order valence-electron chi connectivity index (χ0n) is 6.33. The van der Waals surface area contributed by atoms with Crippen molar-refractivity contribution in [2.24, 2.45) is 0 Å². The summed E-state index contributed by atoms with van der Waals surface area (Å²) in [5.74, 6) is -0.126. The van der Waals surface area contributed by atoms with Crippen LogP contribution in [0.1, 0.15) is 0 Å². The number of aromatic hydroxyl groups is 1. The summed E-state index contributed by atoms with van der Waals surface area (Å²) in [7, 11) is -4.28. The summed E-state index contributed by atoms with van der Waals surface area (Å²) in [4.78, 5) is -0.239. The molecule has 0 aliphatic heterocycles. The van der Waals surface area contributed by atoms with Gasteiger partial charge in [0.1, 0.15) is 10.6 Å². The topological polar surface area (TPSA) is 74.6 Å². The molecule has 2 N–H and O–H groups in total. The highest BCUT2D eigenvalue weighted by Crippen LogP contribution is 2.34. The van der Waals surface area contributed by atoms with Gasteiger partial charge in [0.25, 0.3) is 10.1 Å². The van der Waals surface area contributed by atoms with E-state index in [0.29, 0.717) is 7.14 Å². The number of rotatable bonds is 1. The van der Waals surface area contributed by atoms with E-state index < -0.39 is 10.1 Å². The van der Waals surface area contributed by atoms with Gasteiger partial charge in [0, 0.05) is 3.57 Å². The fraction of sp³-hybridized carbons (Fsp3) is 0. The highest BCUT2D eigenvalue weighted by atomic mass is 127. The third-order valence-corrected chi connectivity index (χ3v) is 5.76. The van der Waals surface area contributed by atoms with Crippen LogP contribution in [0, 0.1) is 10.7 Å². The quantitative estimate of drug-likeness (QED) is 0.416. The molecular formula is C6H3I3O4S. The summed E-state index contributed by atoms with van der Waals surface area (Å²) in [6.07, 6.45) is 0. The molecule has 0 bridgehead atoms. The lowest BCUT2D eigenvalue weighted by atomic mass is 10.3. The largest absolute Gasteiger partial charge is 0.506 e. The highest BCUT2D eigenvalue weighted by Gasteiger charge is 2.22. The Morgan fingerprint density at radius 3 is 2.07 bits per heavy atom. The van der Waals surface area contributed by atoms with Gasteiger partial charge < -0.3 is 5.11 Å². The van der Waals surface area contributed by atoms with E-state index >= 15 is 0 Å². The number of phenols is 1. The van der Waals surface area contributed by atoms with Crippen LogP contribution in [-0.2, 0) is 10.1 Å². The lowest BCUT2D eigenvalue weighted by Crippen LogP contribution is -2.04. The van der Waals surface area contributed by atoms with Gasteiger partial charge in [0.05, 0.1) is 7.14 Å². The summed E-state index contributed by atoms with van der Waals surface area (Å²) in [5, 5.41) is 9.48. The van der Waals surface area contributed by atoms with E-state index in [1.165, 1.54) is 6.07 Å². The zero-order chi connectivity index (χ0) is 11.1. The molecule has 0 aliphatic rings. The highest BCUT2D eigenvalue weighted by molar-refractivity contribution is 14.1. The molecule has 0 saturated carbocycles. The van der Waals surface area contributed by atoms with Crippen LogP contribution in [0.4, 0.5) is 0 Å². The van der Waals surface area contributed by atoms with E-state index in [1.807, 2.05) is 22.6 Å². The van der Waals surface area contributed by atoms with Gasteiger partial charge in [-0.1, -0.05) is 0 Å². The second-order valence-corrected chi connectivity index (χ2v) is 7.07. The molecule has 0 aromatic heterocycles. The maximum atomic E-state index is 11.0. The van der Waals surface area contributed by atoms with Crippen LogP contribution < -0.4 is 0 Å². The Labute approximate surface area is 122 Å². The van der Waals surface area contributed by atoms with Crippen LogP contribution in [0.15, 0.2) is 11.0 Å². The van der Waals surface area contributed by atoms with E-state index in [0.717, 1.165) is 0 Å². The van der Waals surface area contributed by atoms with Gasteiger partial charge in [-0.3, -0.25) is 4.55 Å². The lowest BCUT2D eigenvalue weighted by molar-refractivity contribution is 0.458. The second kappa shape index (κ2) is 4.55. The Morgan fingerprint density at radius 2 is 1.64 bits per heavy atom. The molecule has 0 unspecified atom stereocenters. The van der Waals surface area contributed by atoms with Crippen molar-refractivity contribution in [3.63, 3.8) is 0 Å². The normalized spacial score (nSPS) is 11.7. The van der Waals surface area contributed by atoms with Gasteiger partial charge in [-0.05, 0) is 73.8 Å². The van der Waals surface area contributed by atoms with Crippen LogP contribution in [0.3, 0.4) is 0 Å². The molecule has 0 spiro atoms. The van der Waals surface area contributed by atoms with E-state index in [4.69, 9.17) is 4.55 Å². The van der Waals surface area contributed by atoms with Crippen molar-refractivity contribution in [1.82, 2.24) is 0 Å². The molecular weight excluding hydrogens is 549 g/mol. The molecule has 4 nitrogen and oxygen atoms in total. The van der Waals surface area contributed by atoms with Crippen molar-refractivity contribution in [3.8, 4) is 5.75 Å². The van der Waals surface area contributed by atoms with Crippen molar-refractivity contribution in [1.29, 1.82) is 0 Å². The minimum absolute atomic E-state index is 0.126. The number of benzene rings is 1. The zero-order valence-corrected chi connectivity index (χ0v) is 13.6. The second-order valence-electron chi connectivity index (χ2n) is 2.31. The first-order valence-corrected chi connectivity index (χ1v) is 7.76. The average Bonchev–Trinajstić information content (AvgIpc) is 1.97. The summed E-state index contributed by atoms with van der Waals surface area (Å²) in [5.41, 5.74) is 0. The molecule has 1 rings (SSSR count). The number of hydrogen-bond donors (Lipinski definition) is 2. The molecule has 0 heterocycles. The van der Waals surface area contributed by atoms with Gasteiger partial charge in [0.15, 0.2) is 0 Å². The molecule has 0 aliphatic carbocycles. The van der Waals surface area contributed by atoms with Crippen LogP contribution in [0.5, 0.6) is 5.75 Å². The molecule has 14 heavy (non-hydrogen) atoms. The first-order valence-electron chi connectivity index (χ1n) is 3.09. The van der Waals surface area contributed by atoms with Crippen molar-refractivity contribution in [2.75, 3.05) is 0 Å². The van der Waals surface area contributed by atoms with E-state index in [-0.39, 0.29) is 14.2 Å². The van der Waals surface area contributed by atoms with Crippen molar-refractivity contribution >= 4 is 77.9 Å². The molecule has 0 saturated heterocycles. The van der Waals surface area contributed by atoms with Gasteiger partial charge in [-0.25, -0.2) is 0 Å². The first kappa shape index (κ1) is 13.2. The maximum absolute atomic E-state index is 11.0. The van der Waals surface area contributed by atoms with Gasteiger partial charge in [0.2, 0.25) is 0 Å². The third kappa shape index (κ3) is 2.62. The predicted molar refractivity (Wildman–Crippen MR) is 76.1 cm³/mol. The summed E-state index contributed by atoms with van der Waals surface area (Å²) < 4.78 is 31.9. The molecule has 0 fully saturated rings. The van der Waals surface area contributed by atoms with Crippen molar-refractivity contribution in [3.05, 3.63) is 16.8 Å². The van der Waals surface area contributed by atoms with Crippen LogP contribution >= 0.6 is 67.8 Å². The third-order valence-electron chi connectivity index (χ3n) is 1.36. The molecule has 0 atom stereocenters. The van der Waals surface area contributed by atoms with Gasteiger partial charge in [-0.2, -0.15) is 8.42 Å². The van der Waals surface area contributed by atoms with Gasteiger partial charge in [-0.15, -0.1) is 0 Å². The Bertz CT molecular complexity index is 482. The minimum atomic E-state index is -4.28. The number of phenolic OH excluding ortho intramolecular Hbond substituents is 1. The molecule has 1 aromatic carbocycles. The monoisotopic (exact) mass is 552 g/mol. The number of halogens is 3. The predicted octanol–water partition coefficient (Wildman–Crippen LogP) is 2.45. The fourth-order valence-corrected chi connectivity index (χ4v) is 6.47. The van der Waals surface area contributed by atoms with E-state index in [2.05, 4.69) is 0 Å². The Balaban J connectivity index is 3.70. The molecule has 0 amide bonds. The van der Waals surface area contributed by atoms with Crippen LogP contribution in [0.25, 0.3) is 0 Å². The van der Waals surface area contributed by atoms with E-state index in [1.54, 1.807) is 45.2 Å². The summed E-state index contributed by atoms with van der Waals surface area (Å²) >= 11 is 5.36. The average molecular weight is 552 g/mol. The van der Waals surface area contributed by atoms with Crippen molar-refractivity contribution in [2.45, 2.75) is 4.90 Å². The van der Waals surface area contributed by atoms with E-state index in [9.17, 15) is 13.5 Å². The molecule has 78 valence electrons. The lowest BCUT2D eigenvalue weighted by Gasteiger charge is -2.07. The maximum Gasteiger partial charge on any atom is 0.296 e. The Hall–Kier alpha value is 1.12. The molecule has 1 aromatic rings. The fourth-order valence-electron chi connectivity index (χ4n) is 0.799. The number of hydrogen-bond acceptors (Lipinski definition) is 3. The van der Waals surface area contributed by atoms with Crippen molar-refractivity contribution < 1.29 is 18.1 Å². The summed E-state index contributed by atoms with van der Waals surface area (Å²) in [6.45, 7) is 0. The Kier molecular flexibility index (Phi) is 4.28. The smallest absolute Gasteiger partial charge is 0.296 e. The SMILES string of the molecule is O=S(=O)(O)c1c(I)cc(I)c(O)c1I. The van der Waals surface area contributed by atoms with Crippen LogP contribution in [0.2, 0.25) is 0 Å². The van der Waals surface area contributed by atoms with Gasteiger partial charge >= 0.3 is 0 Å². The standard InChI is InChI=1S/C6H3I3O4S/c7-2-1-3(8)6(14(11,12)13)4(9)5(2)10/h1,10H,(H,11,12,13). The summed E-state index contributed by atoms with van der Waals surface area (Å²) in [6, 6.07) is 1.49. The van der Waals surface area contributed by atoms with Crippen LogP contribution in [-0.4, -0.2) is 18.1 Å². The minimum Gasteiger partial charge on any atom is -0.506 e. The Morgan fingerprint density at radius 1 is 1.14 bits per heavy atom. The molecule has 0 radical (unpaired) electrons.